The summed E-state index contributed by atoms with van der Waals surface area (Å²) in [7, 11) is 2.23. The lowest BCUT2D eigenvalue weighted by Crippen LogP contribution is -2.50. The maximum absolute atomic E-state index is 11.3. The first kappa shape index (κ1) is 14.8. The minimum Gasteiger partial charge on any atom is -0.343 e. The number of likely N-dealkylation sites (tertiary alicyclic amines) is 2. The monoisotopic (exact) mass is 267 g/mol. The molecule has 2 rings (SSSR count). The van der Waals surface area contributed by atoms with Crippen LogP contribution in [0.3, 0.4) is 0 Å². The number of carbonyl (C=O) groups excluding carboxylic acids is 1. The maximum atomic E-state index is 11.3. The Hall–Kier alpha value is -0.610. The van der Waals surface area contributed by atoms with Crippen molar-refractivity contribution < 1.29 is 4.79 Å². The van der Waals surface area contributed by atoms with Crippen LogP contribution in [-0.4, -0.2) is 61.0 Å². The van der Waals surface area contributed by atoms with Crippen LogP contribution in [0.1, 0.15) is 39.5 Å². The Morgan fingerprint density at radius 1 is 1.21 bits per heavy atom. The van der Waals surface area contributed by atoms with E-state index in [1.165, 1.54) is 25.9 Å². The van der Waals surface area contributed by atoms with E-state index in [1.807, 2.05) is 4.90 Å². The van der Waals surface area contributed by atoms with Crippen molar-refractivity contribution in [2.24, 2.45) is 5.92 Å². The number of hydrogen-bond acceptors (Lipinski definition) is 3. The molecule has 0 spiro atoms. The summed E-state index contributed by atoms with van der Waals surface area (Å²) in [4.78, 5) is 15.7. The summed E-state index contributed by atoms with van der Waals surface area (Å²) in [5, 5.41) is 3.80. The highest BCUT2D eigenvalue weighted by atomic mass is 16.2. The van der Waals surface area contributed by atoms with Gasteiger partial charge in [0.1, 0.15) is 0 Å². The highest BCUT2D eigenvalue weighted by molar-refractivity contribution is 5.73. The summed E-state index contributed by atoms with van der Waals surface area (Å²) < 4.78 is 0. The SMILES string of the molecule is CC(=O)N1CCC(NC(C)C2CCCN(C)C2)CC1. The number of piperidine rings is 2. The van der Waals surface area contributed by atoms with Gasteiger partial charge in [0.2, 0.25) is 5.91 Å². The summed E-state index contributed by atoms with van der Waals surface area (Å²) in [6.45, 7) is 8.32. The Bertz CT molecular complexity index is 300. The lowest BCUT2D eigenvalue weighted by atomic mass is 9.90. The van der Waals surface area contributed by atoms with Gasteiger partial charge in [0, 0.05) is 38.6 Å². The number of nitrogens with one attached hydrogen (secondary N) is 1. The predicted molar refractivity (Wildman–Crippen MR) is 78.1 cm³/mol. The third-order valence-electron chi connectivity index (χ3n) is 4.81. The van der Waals surface area contributed by atoms with Crippen molar-refractivity contribution in [3.8, 4) is 0 Å². The molecule has 4 heteroatoms. The summed E-state index contributed by atoms with van der Waals surface area (Å²) in [6, 6.07) is 1.19. The van der Waals surface area contributed by atoms with Crippen molar-refractivity contribution in [3.63, 3.8) is 0 Å². The number of rotatable bonds is 3. The Labute approximate surface area is 117 Å². The third kappa shape index (κ3) is 4.18. The molecule has 2 aliphatic heterocycles. The average Bonchev–Trinajstić information content (AvgIpc) is 2.39. The molecule has 4 nitrogen and oxygen atoms in total. The number of amides is 1. The van der Waals surface area contributed by atoms with Gasteiger partial charge >= 0.3 is 0 Å². The molecular formula is C15H29N3O. The predicted octanol–water partition coefficient (Wildman–Crippen LogP) is 1.32. The first-order chi connectivity index (χ1) is 9.06. The summed E-state index contributed by atoms with van der Waals surface area (Å²) in [5.74, 6) is 1.00. The Kier molecular flexibility index (Phi) is 5.22. The lowest BCUT2D eigenvalue weighted by Gasteiger charge is -2.38. The van der Waals surface area contributed by atoms with E-state index in [4.69, 9.17) is 0 Å². The highest BCUT2D eigenvalue weighted by Crippen LogP contribution is 2.20. The zero-order valence-electron chi connectivity index (χ0n) is 12.7. The smallest absolute Gasteiger partial charge is 0.219 e. The normalized spacial score (nSPS) is 28.4. The van der Waals surface area contributed by atoms with Gasteiger partial charge in [-0.3, -0.25) is 4.79 Å². The van der Waals surface area contributed by atoms with E-state index in [-0.39, 0.29) is 5.91 Å². The molecule has 0 saturated carbocycles. The second kappa shape index (κ2) is 6.71. The molecule has 0 aromatic heterocycles. The Balaban J connectivity index is 1.74. The quantitative estimate of drug-likeness (QED) is 0.837. The molecule has 0 bridgehead atoms. The van der Waals surface area contributed by atoms with Crippen molar-refractivity contribution in [2.45, 2.75) is 51.6 Å². The molecule has 1 amide bonds. The minimum absolute atomic E-state index is 0.223. The molecule has 0 aromatic carbocycles. The van der Waals surface area contributed by atoms with Crippen LogP contribution < -0.4 is 5.32 Å². The van der Waals surface area contributed by atoms with Gasteiger partial charge in [0.25, 0.3) is 0 Å². The number of carbonyl (C=O) groups is 1. The molecule has 2 atom stereocenters. The molecule has 2 saturated heterocycles. The van der Waals surface area contributed by atoms with Gasteiger partial charge in [-0.1, -0.05) is 0 Å². The average molecular weight is 267 g/mol. The van der Waals surface area contributed by atoms with E-state index in [1.54, 1.807) is 6.92 Å². The molecule has 19 heavy (non-hydrogen) atoms. The first-order valence-electron chi connectivity index (χ1n) is 7.76. The van der Waals surface area contributed by atoms with Crippen molar-refractivity contribution in [3.05, 3.63) is 0 Å². The molecule has 1 N–H and O–H groups in total. The van der Waals surface area contributed by atoms with E-state index in [9.17, 15) is 4.79 Å². The topological polar surface area (TPSA) is 35.6 Å². The van der Waals surface area contributed by atoms with Gasteiger partial charge in [0.05, 0.1) is 0 Å². The summed E-state index contributed by atoms with van der Waals surface area (Å²) in [6.07, 6.45) is 4.89. The van der Waals surface area contributed by atoms with Crippen LogP contribution in [0.4, 0.5) is 0 Å². The molecule has 2 aliphatic rings. The molecule has 110 valence electrons. The molecule has 0 aliphatic carbocycles. The van der Waals surface area contributed by atoms with Crippen LogP contribution >= 0.6 is 0 Å². The zero-order chi connectivity index (χ0) is 13.8. The van der Waals surface area contributed by atoms with Gasteiger partial charge < -0.3 is 15.1 Å². The summed E-state index contributed by atoms with van der Waals surface area (Å²) in [5.41, 5.74) is 0. The van der Waals surface area contributed by atoms with Crippen molar-refractivity contribution in [2.75, 3.05) is 33.2 Å². The molecule has 2 unspecified atom stereocenters. The van der Waals surface area contributed by atoms with Gasteiger partial charge in [-0.25, -0.2) is 0 Å². The Morgan fingerprint density at radius 2 is 1.89 bits per heavy atom. The van der Waals surface area contributed by atoms with Crippen LogP contribution in [0.5, 0.6) is 0 Å². The number of hydrogen-bond donors (Lipinski definition) is 1. The molecule has 0 aromatic rings. The largest absolute Gasteiger partial charge is 0.343 e. The van der Waals surface area contributed by atoms with Gasteiger partial charge in [-0.05, 0) is 52.1 Å². The van der Waals surface area contributed by atoms with E-state index in [2.05, 4.69) is 24.2 Å². The van der Waals surface area contributed by atoms with Crippen LogP contribution in [0.15, 0.2) is 0 Å². The van der Waals surface area contributed by atoms with Crippen molar-refractivity contribution in [1.29, 1.82) is 0 Å². The first-order valence-corrected chi connectivity index (χ1v) is 7.76. The third-order valence-corrected chi connectivity index (χ3v) is 4.81. The fourth-order valence-corrected chi connectivity index (χ4v) is 3.48. The zero-order valence-corrected chi connectivity index (χ0v) is 12.7. The van der Waals surface area contributed by atoms with E-state index in [0.29, 0.717) is 12.1 Å². The van der Waals surface area contributed by atoms with Crippen LogP contribution in [0.25, 0.3) is 0 Å². The van der Waals surface area contributed by atoms with Gasteiger partial charge in [-0.2, -0.15) is 0 Å². The van der Waals surface area contributed by atoms with Gasteiger partial charge in [0.15, 0.2) is 0 Å². The van der Waals surface area contributed by atoms with Crippen molar-refractivity contribution in [1.82, 2.24) is 15.1 Å². The number of nitrogens with zero attached hydrogens (tertiary/aromatic N) is 2. The minimum atomic E-state index is 0.223. The van der Waals surface area contributed by atoms with Crippen LogP contribution in [0, 0.1) is 5.92 Å². The molecule has 2 fully saturated rings. The van der Waals surface area contributed by atoms with E-state index in [0.717, 1.165) is 31.8 Å². The van der Waals surface area contributed by atoms with Crippen LogP contribution in [-0.2, 0) is 4.79 Å². The lowest BCUT2D eigenvalue weighted by molar-refractivity contribution is -0.129. The summed E-state index contributed by atoms with van der Waals surface area (Å²) >= 11 is 0. The standard InChI is InChI=1S/C15H29N3O/c1-12(14-5-4-8-17(3)11-14)16-15-6-9-18(10-7-15)13(2)19/h12,14-16H,4-11H2,1-3H3. The fourth-order valence-electron chi connectivity index (χ4n) is 3.48. The van der Waals surface area contributed by atoms with Crippen LogP contribution in [0.2, 0.25) is 0 Å². The second-order valence-corrected chi connectivity index (χ2v) is 6.40. The Morgan fingerprint density at radius 3 is 2.47 bits per heavy atom. The van der Waals surface area contributed by atoms with E-state index >= 15 is 0 Å². The fraction of sp³-hybridized carbons (Fsp3) is 0.933. The van der Waals surface area contributed by atoms with Crippen molar-refractivity contribution >= 4 is 5.91 Å². The highest BCUT2D eigenvalue weighted by Gasteiger charge is 2.26. The van der Waals surface area contributed by atoms with E-state index < -0.39 is 0 Å². The maximum Gasteiger partial charge on any atom is 0.219 e. The molecule has 0 radical (unpaired) electrons. The molecule has 2 heterocycles. The molecular weight excluding hydrogens is 238 g/mol. The second-order valence-electron chi connectivity index (χ2n) is 6.40. The van der Waals surface area contributed by atoms with Gasteiger partial charge in [-0.15, -0.1) is 0 Å².